The number of carbonyl (C=O) groups excluding carboxylic acids is 1. The number of hydrogen-bond acceptors (Lipinski definition) is 9. The van der Waals surface area contributed by atoms with Crippen molar-refractivity contribution in [1.29, 1.82) is 0 Å². The topological polar surface area (TPSA) is 123 Å². The molecule has 2 unspecified atom stereocenters. The normalized spacial score (nSPS) is 12.8. The first-order valence-corrected chi connectivity index (χ1v) is 17.3. The Morgan fingerprint density at radius 2 is 0.944 bits per heavy atom. The van der Waals surface area contributed by atoms with E-state index in [-0.39, 0.29) is 5.78 Å². The summed E-state index contributed by atoms with van der Waals surface area (Å²) in [5.74, 6) is 0.631. The Balaban J connectivity index is 1.12. The Labute approximate surface area is 311 Å². The maximum absolute atomic E-state index is 14.9. The molecule has 0 spiro atoms. The number of ketones is 1. The Morgan fingerprint density at radius 3 is 1.35 bits per heavy atom. The lowest BCUT2D eigenvalue weighted by Gasteiger charge is -2.20. The van der Waals surface area contributed by atoms with Crippen LogP contribution in [0.2, 0.25) is 0 Å². The predicted molar refractivity (Wildman–Crippen MR) is 207 cm³/mol. The summed E-state index contributed by atoms with van der Waals surface area (Å²) < 4.78 is 15.9. The summed E-state index contributed by atoms with van der Waals surface area (Å²) >= 11 is 0. The van der Waals surface area contributed by atoms with Gasteiger partial charge in [-0.3, -0.25) is 4.79 Å². The molecule has 4 aromatic heterocycles. The number of rotatable bonds is 12. The molecule has 0 bridgehead atoms. The number of benzene rings is 4. The van der Waals surface area contributed by atoms with Gasteiger partial charge in [0.1, 0.15) is 24.2 Å². The van der Waals surface area contributed by atoms with Gasteiger partial charge in [-0.25, -0.2) is 19.9 Å². The van der Waals surface area contributed by atoms with E-state index in [1.165, 1.54) is 12.7 Å². The highest BCUT2D eigenvalue weighted by Gasteiger charge is 2.27. The van der Waals surface area contributed by atoms with Gasteiger partial charge in [-0.1, -0.05) is 109 Å². The molecule has 4 heterocycles. The second kappa shape index (κ2) is 15.1. The molecular formula is C43H34N8O3. The second-order valence-corrected chi connectivity index (χ2v) is 12.7. The minimum atomic E-state index is -0.597. The van der Waals surface area contributed by atoms with Crippen molar-refractivity contribution in [2.24, 2.45) is 14.1 Å². The Bertz CT molecular complexity index is 2420. The highest BCUT2D eigenvalue weighted by Crippen LogP contribution is 2.34. The molecule has 0 radical (unpaired) electrons. The summed E-state index contributed by atoms with van der Waals surface area (Å²) in [5.41, 5.74) is 6.07. The SMILES string of the molecule is Cn1cnc2c(Oc3ccc(C(/C=C/c4ccccc4)C(=O)C(/C=C/c4ccccc4)c4ccc(Oc5ncnc6c5ncn6C)cc4)cc3)ncnc21. The number of imidazole rings is 2. The first-order valence-electron chi connectivity index (χ1n) is 17.3. The van der Waals surface area contributed by atoms with Crippen LogP contribution in [0, 0.1) is 0 Å². The summed E-state index contributed by atoms with van der Waals surface area (Å²) in [6, 6.07) is 34.9. The third-order valence-corrected chi connectivity index (χ3v) is 9.01. The molecule has 0 aliphatic carbocycles. The van der Waals surface area contributed by atoms with E-state index < -0.39 is 11.8 Å². The Kier molecular flexibility index (Phi) is 9.49. The molecule has 0 aliphatic heterocycles. The minimum Gasteiger partial charge on any atom is -0.437 e. The largest absolute Gasteiger partial charge is 0.437 e. The molecular weight excluding hydrogens is 677 g/mol. The third kappa shape index (κ3) is 7.24. The molecule has 8 aromatic rings. The van der Waals surface area contributed by atoms with Crippen LogP contribution in [-0.4, -0.2) is 44.8 Å². The van der Waals surface area contributed by atoms with Gasteiger partial charge in [-0.15, -0.1) is 0 Å². The molecule has 4 aromatic carbocycles. The van der Waals surface area contributed by atoms with E-state index in [9.17, 15) is 4.79 Å². The van der Waals surface area contributed by atoms with Gasteiger partial charge in [-0.2, -0.15) is 9.97 Å². The number of nitrogens with zero attached hydrogens (tertiary/aromatic N) is 8. The molecule has 0 saturated carbocycles. The molecule has 0 saturated heterocycles. The molecule has 8 rings (SSSR count). The molecule has 2 atom stereocenters. The lowest BCUT2D eigenvalue weighted by atomic mass is 9.82. The zero-order valence-electron chi connectivity index (χ0n) is 29.5. The van der Waals surface area contributed by atoms with Gasteiger partial charge in [0.2, 0.25) is 0 Å². The summed E-state index contributed by atoms with van der Waals surface area (Å²) in [5, 5.41) is 0. The van der Waals surface area contributed by atoms with Crippen molar-refractivity contribution in [2.75, 3.05) is 0 Å². The average molecular weight is 711 g/mol. The Hall–Kier alpha value is -7.27. The fraction of sp³-hybridized carbons (Fsp3) is 0.0930. The van der Waals surface area contributed by atoms with Crippen LogP contribution < -0.4 is 9.47 Å². The highest BCUT2D eigenvalue weighted by atomic mass is 16.5. The van der Waals surface area contributed by atoms with Crippen molar-refractivity contribution in [3.05, 3.63) is 169 Å². The van der Waals surface area contributed by atoms with E-state index in [2.05, 4.69) is 29.9 Å². The molecule has 11 nitrogen and oxygen atoms in total. The van der Waals surface area contributed by atoms with E-state index in [4.69, 9.17) is 9.47 Å². The molecule has 264 valence electrons. The number of hydrogen-bond donors (Lipinski definition) is 0. The van der Waals surface area contributed by atoms with Crippen molar-refractivity contribution >= 4 is 40.3 Å². The molecule has 0 N–H and O–H groups in total. The monoisotopic (exact) mass is 710 g/mol. The number of ether oxygens (including phenoxy) is 2. The van der Waals surface area contributed by atoms with Crippen LogP contribution in [0.1, 0.15) is 34.1 Å². The number of Topliss-reactive ketones (excluding diaryl/α,β-unsaturated/α-hetero) is 1. The Morgan fingerprint density at radius 1 is 0.537 bits per heavy atom. The van der Waals surface area contributed by atoms with Gasteiger partial charge >= 0.3 is 0 Å². The van der Waals surface area contributed by atoms with Gasteiger partial charge in [0.15, 0.2) is 28.1 Å². The zero-order chi connectivity index (χ0) is 36.9. The van der Waals surface area contributed by atoms with Crippen LogP contribution in [0.25, 0.3) is 34.5 Å². The summed E-state index contributed by atoms with van der Waals surface area (Å²) in [4.78, 5) is 40.9. The molecule has 0 amide bonds. The van der Waals surface area contributed by atoms with Gasteiger partial charge in [0.05, 0.1) is 24.5 Å². The van der Waals surface area contributed by atoms with Crippen LogP contribution in [0.5, 0.6) is 23.3 Å². The third-order valence-electron chi connectivity index (χ3n) is 9.01. The fourth-order valence-corrected chi connectivity index (χ4v) is 6.18. The highest BCUT2D eigenvalue weighted by molar-refractivity contribution is 5.96. The van der Waals surface area contributed by atoms with Gasteiger partial charge in [0, 0.05) is 14.1 Å². The van der Waals surface area contributed by atoms with Gasteiger partial charge in [0.25, 0.3) is 11.8 Å². The fourth-order valence-electron chi connectivity index (χ4n) is 6.18. The maximum Gasteiger partial charge on any atom is 0.250 e. The molecule has 54 heavy (non-hydrogen) atoms. The van der Waals surface area contributed by atoms with Gasteiger partial charge in [-0.05, 0) is 46.5 Å². The first-order chi connectivity index (χ1) is 26.5. The predicted octanol–water partition coefficient (Wildman–Crippen LogP) is 8.49. The summed E-state index contributed by atoms with van der Waals surface area (Å²) in [6.07, 6.45) is 14.1. The molecule has 0 aliphatic rings. The van der Waals surface area contributed by atoms with Crippen LogP contribution >= 0.6 is 0 Å². The van der Waals surface area contributed by atoms with Crippen molar-refractivity contribution in [3.63, 3.8) is 0 Å². The van der Waals surface area contributed by atoms with Crippen molar-refractivity contribution < 1.29 is 14.3 Å². The second-order valence-electron chi connectivity index (χ2n) is 12.7. The van der Waals surface area contributed by atoms with E-state index in [0.717, 1.165) is 22.3 Å². The first kappa shape index (κ1) is 33.9. The zero-order valence-corrected chi connectivity index (χ0v) is 29.5. The average Bonchev–Trinajstić information content (AvgIpc) is 3.79. The number of carbonyl (C=O) groups is 1. The number of aryl methyl sites for hydroxylation is 2. The molecule has 0 fully saturated rings. The number of fused-ring (bicyclic) bond motifs is 2. The van der Waals surface area contributed by atoms with Crippen LogP contribution in [-0.2, 0) is 18.9 Å². The molecule has 11 heteroatoms. The van der Waals surface area contributed by atoms with Crippen molar-refractivity contribution in [2.45, 2.75) is 11.8 Å². The number of aromatic nitrogens is 8. The van der Waals surface area contributed by atoms with E-state index in [0.29, 0.717) is 45.6 Å². The maximum atomic E-state index is 14.9. The summed E-state index contributed by atoms with van der Waals surface area (Å²) in [7, 11) is 3.73. The number of allylic oxidation sites excluding steroid dienone is 2. The quantitative estimate of drug-likeness (QED) is 0.123. The van der Waals surface area contributed by atoms with Crippen LogP contribution in [0.15, 0.2) is 147 Å². The van der Waals surface area contributed by atoms with E-state index in [1.807, 2.05) is 157 Å². The van der Waals surface area contributed by atoms with E-state index in [1.54, 1.807) is 12.7 Å². The van der Waals surface area contributed by atoms with Crippen molar-refractivity contribution in [3.8, 4) is 23.3 Å². The summed E-state index contributed by atoms with van der Waals surface area (Å²) in [6.45, 7) is 0. The van der Waals surface area contributed by atoms with E-state index >= 15 is 0 Å². The minimum absolute atomic E-state index is 0.00584. The van der Waals surface area contributed by atoms with Crippen LogP contribution in [0.3, 0.4) is 0 Å². The lowest BCUT2D eigenvalue weighted by molar-refractivity contribution is -0.120. The standard InChI is InChI=1S/C43H34N8O3/c1-50-27-48-37-40(50)44-25-46-42(37)53-33-19-15-31(16-20-33)35(23-13-29-9-5-3-6-10-29)39(52)36(24-14-30-11-7-4-8-12-30)32-17-21-34(22-18-32)54-43-38-41(45-26-47-43)51(2)28-49-38/h3-28,35-36H,1-2H3/b23-13+,24-14+. The lowest BCUT2D eigenvalue weighted by Crippen LogP contribution is -2.18. The van der Waals surface area contributed by atoms with Crippen molar-refractivity contribution in [1.82, 2.24) is 39.0 Å². The van der Waals surface area contributed by atoms with Crippen LogP contribution in [0.4, 0.5) is 0 Å². The van der Waals surface area contributed by atoms with Gasteiger partial charge < -0.3 is 18.6 Å². The smallest absolute Gasteiger partial charge is 0.250 e.